The molecule has 0 aliphatic carbocycles. The Hall–Kier alpha value is -8.39. The van der Waals surface area contributed by atoms with Crippen LogP contribution in [0.4, 0.5) is 17.6 Å². The second-order valence-corrected chi connectivity index (χ2v) is 23.1. The molecule has 7 rings (SSSR count). The van der Waals surface area contributed by atoms with Crippen molar-refractivity contribution in [3.05, 3.63) is 0 Å². The van der Waals surface area contributed by atoms with Crippen molar-refractivity contribution in [1.29, 1.82) is 68.4 Å². The molecule has 7 aliphatic heterocycles. The first-order chi connectivity index (χ1) is 46.5. The van der Waals surface area contributed by atoms with Crippen molar-refractivity contribution in [2.75, 3.05) is 250 Å². The summed E-state index contributed by atoms with van der Waals surface area (Å²) in [7, 11) is 0. The lowest BCUT2D eigenvalue weighted by molar-refractivity contribution is -0.194. The van der Waals surface area contributed by atoms with Gasteiger partial charge in [0, 0.05) is 157 Å². The van der Waals surface area contributed by atoms with E-state index in [9.17, 15) is 17.6 Å². The van der Waals surface area contributed by atoms with Gasteiger partial charge in [0.05, 0.1) is 203 Å². The number of alkyl halides is 4. The standard InChI is InChI=1S/C11H17N3.C10H16N4.C9H11F3N4.C9H12N6.C9H13N3.C8H11FN4.C8H12N4/c1-2-3-7-13-9-5-10-14(11-13)8-4-6-12;11-3-1-5-13-7-9-14(10-8-13)6-2-4-12;10-9(11,12)8-5-15(3-1-13)7-16(6-8)4-2-14;10-1-4-13-7-14(5-2-11)9-15(8-13)6-3-12;1-2-4-11-6-8-12(5-3-10)9-7-11;9-8-5-12(3-1-10)7-13(6-8)4-2-11;9-2-6-11-4-1-5-12(8-11)7-3-10/h1H,3-5,7-11H2;1-2,5-10H2;8H,3-7H2;4-9H2;1H,4-9H2;8H,3-7H2;1,4-8H2. The van der Waals surface area contributed by atoms with E-state index >= 15 is 0 Å². The number of nitrogens with zero attached hydrogens (tertiary/aromatic N) is 28. The maximum Gasteiger partial charge on any atom is 0.394 e. The van der Waals surface area contributed by atoms with Crippen LogP contribution in [0.5, 0.6) is 0 Å². The van der Waals surface area contributed by atoms with Crippen LogP contribution in [0.25, 0.3) is 0 Å². The summed E-state index contributed by atoms with van der Waals surface area (Å²) in [6.07, 6.45) is 10.1. The van der Waals surface area contributed by atoms with Crippen LogP contribution in [0.15, 0.2) is 0 Å². The van der Waals surface area contributed by atoms with E-state index in [0.717, 1.165) is 137 Å². The molecule has 0 saturated carbocycles. The molecule has 0 unspecified atom stereocenters. The van der Waals surface area contributed by atoms with Crippen molar-refractivity contribution >= 4 is 0 Å². The van der Waals surface area contributed by atoms with Gasteiger partial charge >= 0.3 is 6.18 Å². The Bertz CT molecular complexity index is 2630. The Morgan fingerprint density at radius 2 is 0.521 bits per heavy atom. The zero-order valence-corrected chi connectivity index (χ0v) is 55.5. The Labute approximate surface area is 567 Å². The number of rotatable bonds is 19. The fourth-order valence-corrected chi connectivity index (χ4v) is 10.9. The van der Waals surface area contributed by atoms with E-state index in [0.29, 0.717) is 98.3 Å². The number of piperazine rings is 2. The lowest BCUT2D eigenvalue weighted by Crippen LogP contribution is -2.54. The van der Waals surface area contributed by atoms with E-state index in [1.807, 2.05) is 39.0 Å². The topological polar surface area (TPSA) is 358 Å². The average molecular weight is 1330 g/mol. The van der Waals surface area contributed by atoms with Gasteiger partial charge in [-0.1, -0.05) is 5.92 Å². The highest BCUT2D eigenvalue weighted by atomic mass is 19.4. The highest BCUT2D eigenvalue weighted by molar-refractivity contribution is 4.93. The molecule has 7 saturated heterocycles. The van der Waals surface area contributed by atoms with E-state index in [4.69, 9.17) is 81.3 Å². The highest BCUT2D eigenvalue weighted by Crippen LogP contribution is 2.30. The first-order valence-electron chi connectivity index (χ1n) is 31.7. The van der Waals surface area contributed by atoms with Gasteiger partial charge in [0.1, 0.15) is 6.17 Å². The first kappa shape index (κ1) is 85.6. The fraction of sp³-hybridized carbons (Fsp3) is 0.734. The summed E-state index contributed by atoms with van der Waals surface area (Å²) in [5.41, 5.74) is 0. The minimum Gasteiger partial charge on any atom is -0.300 e. The van der Waals surface area contributed by atoms with Crippen molar-refractivity contribution in [3.8, 4) is 104 Å². The molecule has 7 aliphatic rings. The lowest BCUT2D eigenvalue weighted by Gasteiger charge is -2.39. The maximum absolute atomic E-state index is 13.0. The molecule has 28 nitrogen and oxygen atoms in total. The average Bonchev–Trinajstić information content (AvgIpc) is 0.890. The predicted octanol–water partition coefficient (Wildman–Crippen LogP) is 1.16. The Kier molecular flexibility index (Phi) is 48.9. The highest BCUT2D eigenvalue weighted by Gasteiger charge is 2.44. The van der Waals surface area contributed by atoms with Crippen LogP contribution in [-0.2, 0) is 0 Å². The summed E-state index contributed by atoms with van der Waals surface area (Å²) in [4.78, 5) is 29.7. The smallest absolute Gasteiger partial charge is 0.300 e. The molecule has 0 aromatic rings. The molecule has 7 heterocycles. The number of terminal acetylenes is 2. The SMILES string of the molecule is C#CCCN1CCCN(CCC#N)C1.C#CCN1CCN(CC#N)CC1.N#CCCN1CCN(CCC#N)CC1.N#CCN1CC(C(F)(F)F)CN(CC#N)C1.N#CCN1CC(F)CN(CC#N)C1.N#CCN1CCCN(CC#N)C1.N#CCN1CN(CC#N)CN(CC#N)C1. The summed E-state index contributed by atoms with van der Waals surface area (Å²) in [6, 6.07) is 26.7. The molecule has 0 aromatic carbocycles. The summed E-state index contributed by atoms with van der Waals surface area (Å²) in [6.45, 7) is 24.1. The van der Waals surface area contributed by atoms with Crippen molar-refractivity contribution in [3.63, 3.8) is 0 Å². The molecule has 0 bridgehead atoms. The van der Waals surface area contributed by atoms with Crippen molar-refractivity contribution in [2.24, 2.45) is 5.92 Å². The molecule has 96 heavy (non-hydrogen) atoms. The second-order valence-electron chi connectivity index (χ2n) is 23.1. The van der Waals surface area contributed by atoms with Crippen LogP contribution in [-0.4, -0.2) is 335 Å². The van der Waals surface area contributed by atoms with Crippen LogP contribution in [0.3, 0.4) is 0 Å². The molecule has 7 fully saturated rings. The van der Waals surface area contributed by atoms with Crippen LogP contribution < -0.4 is 0 Å². The van der Waals surface area contributed by atoms with Gasteiger partial charge in [-0.25, -0.2) is 4.39 Å². The molecule has 0 N–H and O–H groups in total. The molecule has 0 radical (unpaired) electrons. The van der Waals surface area contributed by atoms with Gasteiger partial charge in [0.2, 0.25) is 0 Å². The van der Waals surface area contributed by atoms with Crippen molar-refractivity contribution < 1.29 is 17.6 Å². The molecular formula is C64H92F4N28. The van der Waals surface area contributed by atoms with E-state index < -0.39 is 18.3 Å². The normalized spacial score (nSPS) is 19.6. The van der Waals surface area contributed by atoms with E-state index in [2.05, 4.69) is 106 Å². The number of hydrogen-bond donors (Lipinski definition) is 0. The van der Waals surface area contributed by atoms with Gasteiger partial charge in [-0.15, -0.1) is 18.8 Å². The quantitative estimate of drug-likeness (QED) is 0.0995. The van der Waals surface area contributed by atoms with E-state index in [-0.39, 0.29) is 45.9 Å². The second kappa shape index (κ2) is 54.8. The molecule has 32 heteroatoms. The summed E-state index contributed by atoms with van der Waals surface area (Å²) >= 11 is 0. The molecule has 0 amide bonds. The third kappa shape index (κ3) is 40.8. The Morgan fingerprint density at radius 3 is 0.844 bits per heavy atom. The Balaban J connectivity index is 0.000000561. The number of hydrogen-bond acceptors (Lipinski definition) is 28. The van der Waals surface area contributed by atoms with Crippen LogP contribution in [0, 0.1) is 178 Å². The summed E-state index contributed by atoms with van der Waals surface area (Å²) in [5.74, 6) is 3.80. The van der Waals surface area contributed by atoms with Crippen molar-refractivity contribution in [1.82, 2.24) is 73.5 Å². The molecule has 516 valence electrons. The summed E-state index contributed by atoms with van der Waals surface area (Å²) in [5, 5.41) is 110. The molecule has 0 atom stereocenters. The zero-order chi connectivity index (χ0) is 71.0. The minimum atomic E-state index is -4.28. The fourth-order valence-electron chi connectivity index (χ4n) is 10.9. The summed E-state index contributed by atoms with van der Waals surface area (Å²) < 4.78 is 50.7. The molecule has 0 spiro atoms. The lowest BCUT2D eigenvalue weighted by atomic mass is 10.1. The number of halogens is 4. The largest absolute Gasteiger partial charge is 0.394 e. The van der Waals surface area contributed by atoms with Gasteiger partial charge in [0.25, 0.3) is 0 Å². The molecule has 0 aromatic heterocycles. The zero-order valence-electron chi connectivity index (χ0n) is 55.5. The van der Waals surface area contributed by atoms with Gasteiger partial charge in [-0.3, -0.25) is 73.5 Å². The third-order valence-corrected chi connectivity index (χ3v) is 15.4. The van der Waals surface area contributed by atoms with Crippen LogP contribution in [0.2, 0.25) is 0 Å². The monoisotopic (exact) mass is 1330 g/mol. The molecular weight excluding hydrogens is 1240 g/mol. The van der Waals surface area contributed by atoms with E-state index in [1.54, 1.807) is 9.80 Å². The van der Waals surface area contributed by atoms with Gasteiger partial charge < -0.3 is 0 Å². The predicted molar refractivity (Wildman–Crippen MR) is 345 cm³/mol. The van der Waals surface area contributed by atoms with Gasteiger partial charge in [0.15, 0.2) is 0 Å². The van der Waals surface area contributed by atoms with Crippen LogP contribution in [0.1, 0.15) is 38.5 Å². The van der Waals surface area contributed by atoms with Crippen LogP contribution >= 0.6 is 0 Å². The minimum absolute atomic E-state index is 0.0471. The third-order valence-electron chi connectivity index (χ3n) is 15.4. The number of nitriles is 13. The van der Waals surface area contributed by atoms with Gasteiger partial charge in [-0.2, -0.15) is 81.6 Å². The van der Waals surface area contributed by atoms with Gasteiger partial charge in [-0.05, 0) is 12.8 Å². The van der Waals surface area contributed by atoms with E-state index in [1.165, 1.54) is 16.2 Å². The van der Waals surface area contributed by atoms with Crippen molar-refractivity contribution in [2.45, 2.75) is 50.9 Å². The first-order valence-corrected chi connectivity index (χ1v) is 31.7. The maximum atomic E-state index is 13.0. The Morgan fingerprint density at radius 1 is 0.271 bits per heavy atom.